The van der Waals surface area contributed by atoms with Gasteiger partial charge in [-0.2, -0.15) is 13.1 Å². The van der Waals surface area contributed by atoms with Crippen molar-refractivity contribution >= 4 is 32.8 Å². The first-order valence-electron chi connectivity index (χ1n) is 8.54. The fourth-order valence-corrected chi connectivity index (χ4v) is 5.51. The van der Waals surface area contributed by atoms with E-state index in [2.05, 4.69) is 25.8 Å². The number of hydrogen-bond acceptors (Lipinski definition) is 6. The Bertz CT molecular complexity index is 1010. The Hall–Kier alpha value is -1.87. The average Bonchev–Trinajstić information content (AvgIpc) is 3.14. The SMILES string of the molecule is Cc1ccc(S(=O)(=O)N2CCN(Cc3ccccc3)CC2)c2nsnc12. The van der Waals surface area contributed by atoms with Crippen molar-refractivity contribution in [3.05, 3.63) is 53.6 Å². The minimum atomic E-state index is -3.56. The van der Waals surface area contributed by atoms with E-state index in [1.807, 2.05) is 31.2 Å². The van der Waals surface area contributed by atoms with Gasteiger partial charge >= 0.3 is 0 Å². The summed E-state index contributed by atoms with van der Waals surface area (Å²) in [6.45, 7) is 5.18. The van der Waals surface area contributed by atoms with Gasteiger partial charge in [0.2, 0.25) is 10.0 Å². The van der Waals surface area contributed by atoms with Gasteiger partial charge in [-0.25, -0.2) is 8.42 Å². The van der Waals surface area contributed by atoms with Crippen molar-refractivity contribution in [1.82, 2.24) is 18.0 Å². The van der Waals surface area contributed by atoms with Crippen molar-refractivity contribution in [2.75, 3.05) is 26.2 Å². The third-order valence-electron chi connectivity index (χ3n) is 4.78. The number of hydrogen-bond donors (Lipinski definition) is 0. The second kappa shape index (κ2) is 7.03. The number of benzene rings is 2. The van der Waals surface area contributed by atoms with Gasteiger partial charge in [-0.1, -0.05) is 36.4 Å². The first-order chi connectivity index (χ1) is 12.6. The van der Waals surface area contributed by atoms with Crippen LogP contribution in [0.15, 0.2) is 47.4 Å². The molecule has 0 radical (unpaired) electrons. The number of sulfonamides is 1. The molecule has 26 heavy (non-hydrogen) atoms. The van der Waals surface area contributed by atoms with Crippen LogP contribution >= 0.6 is 11.7 Å². The molecule has 1 fully saturated rings. The second-order valence-corrected chi connectivity index (χ2v) is 8.94. The molecule has 0 unspecified atom stereocenters. The van der Waals surface area contributed by atoms with Gasteiger partial charge in [-0.05, 0) is 24.1 Å². The molecule has 1 aromatic heterocycles. The van der Waals surface area contributed by atoms with Crippen LogP contribution < -0.4 is 0 Å². The molecule has 1 aliphatic rings. The predicted molar refractivity (Wildman–Crippen MR) is 103 cm³/mol. The molecule has 0 spiro atoms. The standard InChI is InChI=1S/C18H20N4O2S2/c1-14-7-8-16(18-17(14)19-25-20-18)26(23,24)22-11-9-21(10-12-22)13-15-5-3-2-4-6-15/h2-8H,9-13H2,1H3. The maximum absolute atomic E-state index is 13.1. The zero-order chi connectivity index (χ0) is 18.1. The van der Waals surface area contributed by atoms with Crippen LogP contribution in [0.25, 0.3) is 11.0 Å². The van der Waals surface area contributed by atoms with E-state index in [0.29, 0.717) is 24.1 Å². The molecular weight excluding hydrogens is 368 g/mol. The molecule has 0 bridgehead atoms. The first-order valence-corrected chi connectivity index (χ1v) is 10.7. The van der Waals surface area contributed by atoms with Gasteiger partial charge in [-0.15, -0.1) is 0 Å². The molecule has 8 heteroatoms. The summed E-state index contributed by atoms with van der Waals surface area (Å²) in [5.41, 5.74) is 3.36. The minimum absolute atomic E-state index is 0.267. The molecule has 6 nitrogen and oxygen atoms in total. The average molecular weight is 389 g/mol. The fraction of sp³-hybridized carbons (Fsp3) is 0.333. The quantitative estimate of drug-likeness (QED) is 0.687. The van der Waals surface area contributed by atoms with Crippen LogP contribution in [0.1, 0.15) is 11.1 Å². The van der Waals surface area contributed by atoms with Crippen LogP contribution in [-0.4, -0.2) is 52.5 Å². The number of aryl methyl sites for hydroxylation is 1. The summed E-state index contributed by atoms with van der Waals surface area (Å²) in [6, 6.07) is 13.7. The monoisotopic (exact) mass is 388 g/mol. The number of aromatic nitrogens is 2. The van der Waals surface area contributed by atoms with Gasteiger partial charge in [-0.3, -0.25) is 4.90 Å². The molecule has 0 atom stereocenters. The van der Waals surface area contributed by atoms with Crippen molar-refractivity contribution in [3.8, 4) is 0 Å². The Balaban J connectivity index is 1.51. The van der Waals surface area contributed by atoms with Crippen LogP contribution in [0, 0.1) is 6.92 Å². The van der Waals surface area contributed by atoms with Crippen LogP contribution in [0.3, 0.4) is 0 Å². The van der Waals surface area contributed by atoms with Gasteiger partial charge in [0.05, 0.1) is 11.7 Å². The highest BCUT2D eigenvalue weighted by atomic mass is 32.2. The Morgan fingerprint density at radius 2 is 1.65 bits per heavy atom. The van der Waals surface area contributed by atoms with Crippen molar-refractivity contribution in [2.45, 2.75) is 18.4 Å². The highest BCUT2D eigenvalue weighted by Gasteiger charge is 2.31. The Labute approximate surface area is 157 Å². The molecule has 4 rings (SSSR count). The van der Waals surface area contributed by atoms with Gasteiger partial charge in [0.25, 0.3) is 0 Å². The van der Waals surface area contributed by atoms with Crippen molar-refractivity contribution in [1.29, 1.82) is 0 Å². The lowest BCUT2D eigenvalue weighted by atomic mass is 10.2. The Kier molecular flexibility index (Phi) is 4.74. The zero-order valence-electron chi connectivity index (χ0n) is 14.5. The number of piperazine rings is 1. The van der Waals surface area contributed by atoms with Crippen molar-refractivity contribution in [3.63, 3.8) is 0 Å². The molecular formula is C18H20N4O2S2. The lowest BCUT2D eigenvalue weighted by molar-refractivity contribution is 0.181. The van der Waals surface area contributed by atoms with E-state index in [0.717, 1.165) is 36.9 Å². The number of nitrogens with zero attached hydrogens (tertiary/aromatic N) is 4. The highest BCUT2D eigenvalue weighted by Crippen LogP contribution is 2.27. The van der Waals surface area contributed by atoms with E-state index in [1.165, 1.54) is 5.56 Å². The summed E-state index contributed by atoms with van der Waals surface area (Å²) in [7, 11) is -3.56. The molecule has 3 aromatic rings. The van der Waals surface area contributed by atoms with E-state index in [4.69, 9.17) is 0 Å². The largest absolute Gasteiger partial charge is 0.296 e. The lowest BCUT2D eigenvalue weighted by Crippen LogP contribution is -2.48. The summed E-state index contributed by atoms with van der Waals surface area (Å²) >= 11 is 1.05. The molecule has 0 saturated carbocycles. The number of rotatable bonds is 4. The van der Waals surface area contributed by atoms with Gasteiger partial charge in [0, 0.05) is 32.7 Å². The third kappa shape index (κ3) is 3.25. The van der Waals surface area contributed by atoms with Crippen LogP contribution in [-0.2, 0) is 16.6 Å². The minimum Gasteiger partial charge on any atom is -0.296 e. The van der Waals surface area contributed by atoms with E-state index in [1.54, 1.807) is 10.4 Å². The number of fused-ring (bicyclic) bond motifs is 1. The summed E-state index contributed by atoms with van der Waals surface area (Å²) in [6.07, 6.45) is 0. The van der Waals surface area contributed by atoms with Crippen molar-refractivity contribution in [2.24, 2.45) is 0 Å². The van der Waals surface area contributed by atoms with Crippen LogP contribution in [0.4, 0.5) is 0 Å². The summed E-state index contributed by atoms with van der Waals surface area (Å²) < 4.78 is 36.3. The summed E-state index contributed by atoms with van der Waals surface area (Å²) in [5.74, 6) is 0. The smallest absolute Gasteiger partial charge is 0.245 e. The zero-order valence-corrected chi connectivity index (χ0v) is 16.1. The highest BCUT2D eigenvalue weighted by molar-refractivity contribution is 7.89. The lowest BCUT2D eigenvalue weighted by Gasteiger charge is -2.34. The summed E-state index contributed by atoms with van der Waals surface area (Å²) in [4.78, 5) is 2.56. The van der Waals surface area contributed by atoms with Gasteiger partial charge in [0.1, 0.15) is 15.9 Å². The Morgan fingerprint density at radius 1 is 0.962 bits per heavy atom. The molecule has 0 N–H and O–H groups in total. The van der Waals surface area contributed by atoms with Gasteiger partial charge in [0.15, 0.2) is 0 Å². The third-order valence-corrected chi connectivity index (χ3v) is 7.24. The molecule has 1 saturated heterocycles. The second-order valence-electron chi connectivity index (χ2n) is 6.51. The Morgan fingerprint density at radius 3 is 2.38 bits per heavy atom. The van der Waals surface area contributed by atoms with E-state index in [-0.39, 0.29) is 4.90 Å². The van der Waals surface area contributed by atoms with E-state index >= 15 is 0 Å². The molecule has 2 heterocycles. The van der Waals surface area contributed by atoms with E-state index < -0.39 is 10.0 Å². The predicted octanol–water partition coefficient (Wildman–Crippen LogP) is 2.51. The molecule has 2 aromatic carbocycles. The maximum Gasteiger partial charge on any atom is 0.245 e. The molecule has 1 aliphatic heterocycles. The van der Waals surface area contributed by atoms with Crippen LogP contribution in [0.2, 0.25) is 0 Å². The maximum atomic E-state index is 13.1. The van der Waals surface area contributed by atoms with Crippen molar-refractivity contribution < 1.29 is 8.42 Å². The fourth-order valence-electron chi connectivity index (χ4n) is 3.28. The first kappa shape index (κ1) is 17.5. The molecule has 0 aliphatic carbocycles. The normalized spacial score (nSPS) is 17.0. The molecule has 136 valence electrons. The molecule has 0 amide bonds. The van der Waals surface area contributed by atoms with Crippen LogP contribution in [0.5, 0.6) is 0 Å². The van der Waals surface area contributed by atoms with E-state index in [9.17, 15) is 8.42 Å². The van der Waals surface area contributed by atoms with Gasteiger partial charge < -0.3 is 0 Å². The summed E-state index contributed by atoms with van der Waals surface area (Å²) in [5, 5.41) is 0. The topological polar surface area (TPSA) is 66.4 Å².